The van der Waals surface area contributed by atoms with Crippen LogP contribution in [-0.2, 0) is 23.6 Å². The Labute approximate surface area is 189 Å². The van der Waals surface area contributed by atoms with Gasteiger partial charge in [-0.2, -0.15) is 8.42 Å². The van der Waals surface area contributed by atoms with Gasteiger partial charge in [-0.25, -0.2) is 4.98 Å². The summed E-state index contributed by atoms with van der Waals surface area (Å²) in [6.45, 7) is 2.27. The third-order valence-corrected chi connectivity index (χ3v) is 7.13. The third-order valence-electron chi connectivity index (χ3n) is 6.25. The van der Waals surface area contributed by atoms with E-state index in [1.807, 2.05) is 17.7 Å². The molecule has 0 radical (unpaired) electrons. The topological polar surface area (TPSA) is 72.2 Å². The highest BCUT2D eigenvalue weighted by Crippen LogP contribution is 2.24. The highest BCUT2D eigenvalue weighted by atomic mass is 32.2. The van der Waals surface area contributed by atoms with E-state index in [2.05, 4.69) is 11.9 Å². The number of nitrogens with zero attached hydrogens (tertiary/aromatic N) is 2. The van der Waals surface area contributed by atoms with Gasteiger partial charge in [0, 0.05) is 13.5 Å². The fourth-order valence-electron chi connectivity index (χ4n) is 4.32. The molecule has 176 valence electrons. The van der Waals surface area contributed by atoms with E-state index in [1.165, 1.54) is 96.0 Å². The summed E-state index contributed by atoms with van der Waals surface area (Å²) in [7, 11) is -2.35. The van der Waals surface area contributed by atoms with E-state index >= 15 is 0 Å². The van der Waals surface area contributed by atoms with Crippen LogP contribution < -0.4 is 0 Å². The Morgan fingerprint density at radius 3 is 1.77 bits per heavy atom. The first-order chi connectivity index (χ1) is 14.9. The van der Waals surface area contributed by atoms with E-state index in [9.17, 15) is 13.0 Å². The molecular formula is C25H42N2O3S. The van der Waals surface area contributed by atoms with E-state index in [-0.39, 0.29) is 4.90 Å². The van der Waals surface area contributed by atoms with Gasteiger partial charge in [0.1, 0.15) is 16.2 Å². The van der Waals surface area contributed by atoms with Crippen molar-refractivity contribution in [3.8, 4) is 0 Å². The molecule has 0 saturated carbocycles. The van der Waals surface area contributed by atoms with Crippen LogP contribution in [0.3, 0.4) is 0 Å². The highest BCUT2D eigenvalue weighted by Gasteiger charge is 2.18. The SMILES string of the molecule is CCCCCCCCCCCCCCCCCc1nc2c(S(=O)(=O)O)cccc2n1C. The summed E-state index contributed by atoms with van der Waals surface area (Å²) in [5.41, 5.74) is 1.11. The van der Waals surface area contributed by atoms with Crippen LogP contribution >= 0.6 is 0 Å². The van der Waals surface area contributed by atoms with Gasteiger partial charge in [0.25, 0.3) is 10.1 Å². The molecule has 0 aliphatic heterocycles. The molecule has 1 N–H and O–H groups in total. The molecule has 1 aromatic carbocycles. The zero-order valence-corrected chi connectivity index (χ0v) is 20.4. The molecule has 0 bridgehead atoms. The average Bonchev–Trinajstić information content (AvgIpc) is 3.06. The van der Waals surface area contributed by atoms with Crippen molar-refractivity contribution in [2.45, 2.75) is 115 Å². The number of benzene rings is 1. The fourth-order valence-corrected chi connectivity index (χ4v) is 4.97. The van der Waals surface area contributed by atoms with Gasteiger partial charge in [-0.3, -0.25) is 4.55 Å². The van der Waals surface area contributed by atoms with Crippen LogP contribution in [0.1, 0.15) is 109 Å². The number of hydrogen-bond acceptors (Lipinski definition) is 3. The van der Waals surface area contributed by atoms with Gasteiger partial charge < -0.3 is 4.57 Å². The lowest BCUT2D eigenvalue weighted by Crippen LogP contribution is -1.99. The first kappa shape index (κ1) is 25.9. The number of aromatic nitrogens is 2. The monoisotopic (exact) mass is 450 g/mol. The zero-order chi connectivity index (χ0) is 22.5. The maximum Gasteiger partial charge on any atom is 0.296 e. The summed E-state index contributed by atoms with van der Waals surface area (Å²) in [6.07, 6.45) is 20.9. The molecular weight excluding hydrogens is 408 g/mol. The molecule has 0 aliphatic carbocycles. The fraction of sp³-hybridized carbons (Fsp3) is 0.720. The second-order valence-corrected chi connectivity index (χ2v) is 10.3. The Bertz CT molecular complexity index is 874. The molecule has 0 amide bonds. The molecule has 2 rings (SSSR count). The van der Waals surface area contributed by atoms with Crippen molar-refractivity contribution in [1.29, 1.82) is 0 Å². The normalized spacial score (nSPS) is 12.1. The number of unbranched alkanes of at least 4 members (excludes halogenated alkanes) is 14. The Hall–Kier alpha value is -1.40. The number of rotatable bonds is 17. The first-order valence-electron chi connectivity index (χ1n) is 12.4. The van der Waals surface area contributed by atoms with Gasteiger partial charge in [-0.1, -0.05) is 103 Å². The highest BCUT2D eigenvalue weighted by molar-refractivity contribution is 7.86. The van der Waals surface area contributed by atoms with Gasteiger partial charge >= 0.3 is 0 Å². The second-order valence-electron chi connectivity index (χ2n) is 8.89. The molecule has 0 spiro atoms. The molecule has 5 nitrogen and oxygen atoms in total. The van der Waals surface area contributed by atoms with E-state index in [0.717, 1.165) is 24.2 Å². The summed E-state index contributed by atoms with van der Waals surface area (Å²) >= 11 is 0. The van der Waals surface area contributed by atoms with Crippen molar-refractivity contribution >= 4 is 21.2 Å². The van der Waals surface area contributed by atoms with Crippen LogP contribution in [0.5, 0.6) is 0 Å². The maximum absolute atomic E-state index is 11.6. The third kappa shape index (κ3) is 8.93. The minimum Gasteiger partial charge on any atom is -0.331 e. The molecule has 1 heterocycles. The smallest absolute Gasteiger partial charge is 0.296 e. The van der Waals surface area contributed by atoms with Crippen LogP contribution in [0.2, 0.25) is 0 Å². The second kappa shape index (κ2) is 13.9. The first-order valence-corrected chi connectivity index (χ1v) is 13.8. The summed E-state index contributed by atoms with van der Waals surface area (Å²) in [5, 5.41) is 0. The van der Waals surface area contributed by atoms with Crippen molar-refractivity contribution in [1.82, 2.24) is 9.55 Å². The minimum atomic E-state index is -4.26. The summed E-state index contributed by atoms with van der Waals surface area (Å²) in [4.78, 5) is 4.40. The Balaban J connectivity index is 1.56. The lowest BCUT2D eigenvalue weighted by atomic mass is 10.0. The van der Waals surface area contributed by atoms with Gasteiger partial charge in [0.05, 0.1) is 5.52 Å². The number of para-hydroxylation sites is 1. The molecule has 6 heteroatoms. The van der Waals surface area contributed by atoms with Crippen LogP contribution in [0.15, 0.2) is 23.1 Å². The summed E-state index contributed by atoms with van der Waals surface area (Å²) in [6, 6.07) is 4.89. The van der Waals surface area contributed by atoms with Gasteiger partial charge in [-0.05, 0) is 18.6 Å². The van der Waals surface area contributed by atoms with Crippen molar-refractivity contribution < 1.29 is 13.0 Å². The van der Waals surface area contributed by atoms with Crippen molar-refractivity contribution in [3.05, 3.63) is 24.0 Å². The van der Waals surface area contributed by atoms with E-state index in [1.54, 1.807) is 6.07 Å². The van der Waals surface area contributed by atoms with Gasteiger partial charge in [0.15, 0.2) is 0 Å². The van der Waals surface area contributed by atoms with Crippen LogP contribution in [0.4, 0.5) is 0 Å². The zero-order valence-electron chi connectivity index (χ0n) is 19.6. The number of aryl methyl sites for hydroxylation is 2. The standard InChI is InChI=1S/C25H42N2O3S/c1-3-4-5-6-7-8-9-10-11-12-13-14-15-16-17-21-24-26-25-22(27(24)2)19-18-20-23(25)31(28,29)30/h18-20H,3-17,21H2,1-2H3,(H,28,29,30). The van der Waals surface area contributed by atoms with Gasteiger partial charge in [0.2, 0.25) is 0 Å². The maximum atomic E-state index is 11.6. The van der Waals surface area contributed by atoms with Crippen LogP contribution in [0.25, 0.3) is 11.0 Å². The predicted octanol–water partition coefficient (Wildman–Crippen LogP) is 7.23. The largest absolute Gasteiger partial charge is 0.331 e. The lowest BCUT2D eigenvalue weighted by molar-refractivity contribution is 0.484. The minimum absolute atomic E-state index is 0.108. The number of fused-ring (bicyclic) bond motifs is 1. The Kier molecular flexibility index (Phi) is 11.6. The van der Waals surface area contributed by atoms with Crippen LogP contribution in [0, 0.1) is 0 Å². The summed E-state index contributed by atoms with van der Waals surface area (Å²) in [5.74, 6) is 0.876. The average molecular weight is 451 g/mol. The van der Waals surface area contributed by atoms with E-state index < -0.39 is 10.1 Å². The predicted molar refractivity (Wildman–Crippen MR) is 129 cm³/mol. The molecule has 2 aromatic rings. The molecule has 0 atom stereocenters. The number of imidazole rings is 1. The quantitative estimate of drug-likeness (QED) is 0.204. The van der Waals surface area contributed by atoms with Gasteiger partial charge in [-0.15, -0.1) is 0 Å². The molecule has 0 unspecified atom stereocenters. The molecule has 1 aromatic heterocycles. The molecule has 0 fully saturated rings. The van der Waals surface area contributed by atoms with E-state index in [4.69, 9.17) is 0 Å². The Morgan fingerprint density at radius 1 is 0.806 bits per heavy atom. The van der Waals surface area contributed by atoms with Crippen LogP contribution in [-0.4, -0.2) is 22.5 Å². The Morgan fingerprint density at radius 2 is 1.29 bits per heavy atom. The summed E-state index contributed by atoms with van der Waals surface area (Å²) < 4.78 is 34.5. The van der Waals surface area contributed by atoms with Crippen molar-refractivity contribution in [3.63, 3.8) is 0 Å². The lowest BCUT2D eigenvalue weighted by Gasteiger charge is -2.04. The van der Waals surface area contributed by atoms with Crippen molar-refractivity contribution in [2.24, 2.45) is 7.05 Å². The number of hydrogen-bond donors (Lipinski definition) is 1. The van der Waals surface area contributed by atoms with Crippen molar-refractivity contribution in [2.75, 3.05) is 0 Å². The van der Waals surface area contributed by atoms with E-state index in [0.29, 0.717) is 5.52 Å². The molecule has 0 saturated heterocycles. The molecule has 0 aliphatic rings. The molecule has 31 heavy (non-hydrogen) atoms.